The van der Waals surface area contributed by atoms with Gasteiger partial charge in [-0.05, 0) is 48.5 Å². The lowest BCUT2D eigenvalue weighted by Gasteiger charge is -2.28. The van der Waals surface area contributed by atoms with Gasteiger partial charge >= 0.3 is 0 Å². The Morgan fingerprint density at radius 2 is 1.50 bits per heavy atom. The normalized spacial score (nSPS) is 15.9. The van der Waals surface area contributed by atoms with E-state index in [9.17, 15) is 14.4 Å². The minimum absolute atomic E-state index is 0.0789. The molecule has 0 radical (unpaired) electrons. The van der Waals surface area contributed by atoms with Gasteiger partial charge in [0.05, 0.1) is 19.2 Å². The summed E-state index contributed by atoms with van der Waals surface area (Å²) in [5.41, 5.74) is 1.46. The van der Waals surface area contributed by atoms with Crippen molar-refractivity contribution >= 4 is 29.1 Å². The number of hydrogen-bond donors (Lipinski definition) is 0. The van der Waals surface area contributed by atoms with E-state index in [1.54, 1.807) is 79.9 Å². The number of anilines is 2. The lowest BCUT2D eigenvalue weighted by atomic mass is 10.1. The van der Waals surface area contributed by atoms with Gasteiger partial charge in [-0.2, -0.15) is 0 Å². The Kier molecular flexibility index (Phi) is 5.30. The molecule has 6 nitrogen and oxygen atoms in total. The maximum atomic E-state index is 13.4. The third kappa shape index (κ3) is 3.55. The van der Waals surface area contributed by atoms with Gasteiger partial charge in [-0.25, -0.2) is 4.90 Å². The van der Waals surface area contributed by atoms with Crippen molar-refractivity contribution in [1.82, 2.24) is 0 Å². The Morgan fingerprint density at radius 3 is 2.10 bits per heavy atom. The van der Waals surface area contributed by atoms with Gasteiger partial charge in [0.2, 0.25) is 5.91 Å². The van der Waals surface area contributed by atoms with Crippen molar-refractivity contribution in [2.45, 2.75) is 12.5 Å². The molecule has 30 heavy (non-hydrogen) atoms. The molecule has 0 bridgehead atoms. The van der Waals surface area contributed by atoms with Crippen molar-refractivity contribution < 1.29 is 19.1 Å². The lowest BCUT2D eigenvalue weighted by Crippen LogP contribution is -2.45. The Hall–Kier alpha value is -3.93. The largest absolute Gasteiger partial charge is 0.497 e. The highest BCUT2D eigenvalue weighted by atomic mass is 16.5. The molecule has 0 aliphatic carbocycles. The van der Waals surface area contributed by atoms with Crippen LogP contribution in [0.1, 0.15) is 16.8 Å². The fraction of sp³-hybridized carbons (Fsp3) is 0.125. The van der Waals surface area contributed by atoms with Gasteiger partial charge < -0.3 is 4.74 Å². The predicted molar refractivity (Wildman–Crippen MR) is 114 cm³/mol. The highest BCUT2D eigenvalue weighted by molar-refractivity contribution is 6.25. The van der Waals surface area contributed by atoms with Crippen LogP contribution >= 0.6 is 0 Å². The third-order valence-electron chi connectivity index (χ3n) is 5.04. The quantitative estimate of drug-likeness (QED) is 0.613. The second-order valence-corrected chi connectivity index (χ2v) is 6.86. The molecule has 1 aliphatic rings. The predicted octanol–water partition coefficient (Wildman–Crippen LogP) is 3.67. The molecule has 1 aliphatic heterocycles. The Bertz CT molecular complexity index is 1070. The van der Waals surface area contributed by atoms with E-state index < -0.39 is 11.9 Å². The molecule has 1 fully saturated rings. The number of amides is 3. The lowest BCUT2D eigenvalue weighted by molar-refractivity contribution is -0.121. The number of rotatable bonds is 5. The molecule has 0 spiro atoms. The van der Waals surface area contributed by atoms with Crippen LogP contribution in [0.5, 0.6) is 5.75 Å². The first-order valence-electron chi connectivity index (χ1n) is 9.54. The van der Waals surface area contributed by atoms with E-state index in [0.717, 1.165) is 4.90 Å². The van der Waals surface area contributed by atoms with Crippen LogP contribution in [-0.2, 0) is 9.59 Å². The van der Waals surface area contributed by atoms with Gasteiger partial charge in [0.1, 0.15) is 11.8 Å². The molecule has 0 saturated carbocycles. The monoisotopic (exact) mass is 400 g/mol. The van der Waals surface area contributed by atoms with Gasteiger partial charge in [0.25, 0.3) is 11.8 Å². The molecule has 1 heterocycles. The van der Waals surface area contributed by atoms with Crippen molar-refractivity contribution in [2.75, 3.05) is 16.9 Å². The first kappa shape index (κ1) is 19.4. The number of carbonyl (C=O) groups is 3. The SMILES string of the molecule is COc1ccc(C(=O)N(c2ccccc2)[C@@H]2CC(=O)N(c3ccccc3)C2=O)cc1. The summed E-state index contributed by atoms with van der Waals surface area (Å²) in [5, 5.41) is 0. The fourth-order valence-corrected chi connectivity index (χ4v) is 3.57. The fourth-order valence-electron chi connectivity index (χ4n) is 3.57. The van der Waals surface area contributed by atoms with E-state index >= 15 is 0 Å². The van der Waals surface area contributed by atoms with Gasteiger partial charge in [0.15, 0.2) is 0 Å². The summed E-state index contributed by atoms with van der Waals surface area (Å²) in [6, 6.07) is 23.4. The van der Waals surface area contributed by atoms with Crippen LogP contribution in [0.4, 0.5) is 11.4 Å². The number of para-hydroxylation sites is 2. The molecule has 0 N–H and O–H groups in total. The summed E-state index contributed by atoms with van der Waals surface area (Å²) >= 11 is 0. The maximum Gasteiger partial charge on any atom is 0.259 e. The van der Waals surface area contributed by atoms with Crippen LogP contribution in [0, 0.1) is 0 Å². The maximum absolute atomic E-state index is 13.4. The van der Waals surface area contributed by atoms with Gasteiger partial charge in [0, 0.05) is 11.3 Å². The van der Waals surface area contributed by atoms with Crippen LogP contribution in [0.3, 0.4) is 0 Å². The highest BCUT2D eigenvalue weighted by Gasteiger charge is 2.45. The van der Waals surface area contributed by atoms with E-state index in [-0.39, 0.29) is 18.2 Å². The highest BCUT2D eigenvalue weighted by Crippen LogP contribution is 2.30. The molecule has 150 valence electrons. The number of nitrogens with zero attached hydrogens (tertiary/aromatic N) is 2. The van der Waals surface area contributed by atoms with E-state index in [1.807, 2.05) is 12.1 Å². The first-order chi connectivity index (χ1) is 14.6. The molecule has 3 aromatic rings. The first-order valence-corrected chi connectivity index (χ1v) is 9.54. The summed E-state index contributed by atoms with van der Waals surface area (Å²) in [7, 11) is 1.55. The zero-order chi connectivity index (χ0) is 21.1. The van der Waals surface area contributed by atoms with Crippen LogP contribution in [0.15, 0.2) is 84.9 Å². The standard InChI is InChI=1S/C24H20N2O4/c1-30-20-14-12-17(13-15-20)23(28)25(18-8-4-2-5-9-18)21-16-22(27)26(24(21)29)19-10-6-3-7-11-19/h2-15,21H,16H2,1H3/t21-/m1/s1. The summed E-state index contributed by atoms with van der Waals surface area (Å²) in [4.78, 5) is 42.0. The molecule has 1 saturated heterocycles. The number of hydrogen-bond acceptors (Lipinski definition) is 4. The number of carbonyl (C=O) groups excluding carboxylic acids is 3. The van der Waals surface area contributed by atoms with E-state index in [2.05, 4.69) is 0 Å². The smallest absolute Gasteiger partial charge is 0.259 e. The van der Waals surface area contributed by atoms with E-state index in [0.29, 0.717) is 22.7 Å². The third-order valence-corrected chi connectivity index (χ3v) is 5.04. The van der Waals surface area contributed by atoms with Crippen LogP contribution < -0.4 is 14.5 Å². The molecule has 3 amide bonds. The minimum atomic E-state index is -0.922. The van der Waals surface area contributed by atoms with Gasteiger partial charge in [-0.15, -0.1) is 0 Å². The second kappa shape index (κ2) is 8.21. The topological polar surface area (TPSA) is 66.9 Å². The molecule has 1 atom stereocenters. The average Bonchev–Trinajstić information content (AvgIpc) is 3.08. The van der Waals surface area contributed by atoms with Crippen LogP contribution in [-0.4, -0.2) is 30.9 Å². The van der Waals surface area contributed by atoms with E-state index in [4.69, 9.17) is 4.74 Å². The molecule has 0 aromatic heterocycles. The zero-order valence-electron chi connectivity index (χ0n) is 16.4. The number of benzene rings is 3. The number of methoxy groups -OCH3 is 1. The molecular weight excluding hydrogens is 380 g/mol. The molecule has 6 heteroatoms. The Morgan fingerprint density at radius 1 is 0.900 bits per heavy atom. The number of imide groups is 1. The molecule has 3 aromatic carbocycles. The average molecular weight is 400 g/mol. The van der Waals surface area contributed by atoms with Crippen molar-refractivity contribution in [3.8, 4) is 5.75 Å². The van der Waals surface area contributed by atoms with Crippen molar-refractivity contribution in [3.05, 3.63) is 90.5 Å². The van der Waals surface area contributed by atoms with Crippen LogP contribution in [0.2, 0.25) is 0 Å². The summed E-state index contributed by atoms with van der Waals surface area (Å²) in [6.45, 7) is 0. The van der Waals surface area contributed by atoms with Crippen molar-refractivity contribution in [3.63, 3.8) is 0 Å². The minimum Gasteiger partial charge on any atom is -0.497 e. The van der Waals surface area contributed by atoms with E-state index in [1.165, 1.54) is 4.90 Å². The van der Waals surface area contributed by atoms with Crippen molar-refractivity contribution in [2.24, 2.45) is 0 Å². The van der Waals surface area contributed by atoms with Gasteiger partial charge in [-0.3, -0.25) is 19.3 Å². The van der Waals surface area contributed by atoms with Gasteiger partial charge in [-0.1, -0.05) is 36.4 Å². The summed E-state index contributed by atoms with van der Waals surface area (Å²) in [6.07, 6.45) is -0.0789. The zero-order valence-corrected chi connectivity index (χ0v) is 16.4. The summed E-state index contributed by atoms with van der Waals surface area (Å²) < 4.78 is 5.16. The Balaban J connectivity index is 1.72. The van der Waals surface area contributed by atoms with Crippen molar-refractivity contribution in [1.29, 1.82) is 0 Å². The Labute approximate surface area is 174 Å². The molecular formula is C24H20N2O4. The number of ether oxygens (including phenoxy) is 1. The van der Waals surface area contributed by atoms with Crippen LogP contribution in [0.25, 0.3) is 0 Å². The second-order valence-electron chi connectivity index (χ2n) is 6.86. The summed E-state index contributed by atoms with van der Waals surface area (Å²) in [5.74, 6) is -0.485. The molecule has 0 unspecified atom stereocenters. The molecule has 4 rings (SSSR count).